The molecule has 2 aromatic carbocycles. The zero-order chi connectivity index (χ0) is 14.8. The van der Waals surface area contributed by atoms with Crippen LogP contribution < -0.4 is 4.31 Å². The predicted molar refractivity (Wildman–Crippen MR) is 80.8 cm³/mol. The lowest BCUT2D eigenvalue weighted by atomic mass is 10.3. The molecule has 6 heteroatoms. The second-order valence-electron chi connectivity index (χ2n) is 4.23. The largest absolute Gasteiger partial charge is 0.269 e. The van der Waals surface area contributed by atoms with E-state index in [0.717, 1.165) is 0 Å². The van der Waals surface area contributed by atoms with Crippen molar-refractivity contribution in [3.05, 3.63) is 54.6 Å². The van der Waals surface area contributed by atoms with Gasteiger partial charge in [0.2, 0.25) is 0 Å². The Balaban J connectivity index is 2.37. The third-order valence-electron chi connectivity index (χ3n) is 2.93. The van der Waals surface area contributed by atoms with Gasteiger partial charge in [0.1, 0.15) is 0 Å². The molecule has 0 fully saturated rings. The van der Waals surface area contributed by atoms with E-state index in [9.17, 15) is 12.6 Å². The molecule has 20 heavy (non-hydrogen) atoms. The normalized spacial score (nSPS) is 12.9. The van der Waals surface area contributed by atoms with Crippen LogP contribution in [0.3, 0.4) is 0 Å². The van der Waals surface area contributed by atoms with Crippen LogP contribution >= 0.6 is 0 Å². The molecule has 0 saturated heterocycles. The van der Waals surface area contributed by atoms with E-state index < -0.39 is 20.8 Å². The van der Waals surface area contributed by atoms with Gasteiger partial charge in [-0.2, -0.15) is 0 Å². The Morgan fingerprint density at radius 1 is 0.950 bits per heavy atom. The molecule has 0 spiro atoms. The van der Waals surface area contributed by atoms with Crippen molar-refractivity contribution in [2.24, 2.45) is 0 Å². The molecule has 0 saturated carbocycles. The molecule has 0 aromatic heterocycles. The summed E-state index contributed by atoms with van der Waals surface area (Å²) < 4.78 is 37.5. The highest BCUT2D eigenvalue weighted by Gasteiger charge is 2.21. The van der Waals surface area contributed by atoms with Gasteiger partial charge in [0.15, 0.2) is 0 Å². The molecule has 0 aliphatic heterocycles. The highest BCUT2D eigenvalue weighted by Crippen LogP contribution is 2.22. The quantitative estimate of drug-likeness (QED) is 0.870. The molecule has 1 atom stereocenters. The van der Waals surface area contributed by atoms with Gasteiger partial charge in [0, 0.05) is 29.0 Å². The number of hydrogen-bond donors (Lipinski definition) is 0. The summed E-state index contributed by atoms with van der Waals surface area (Å²) in [6, 6.07) is 14.9. The highest BCUT2D eigenvalue weighted by atomic mass is 32.2. The van der Waals surface area contributed by atoms with E-state index >= 15 is 0 Å². The van der Waals surface area contributed by atoms with Crippen LogP contribution in [0.25, 0.3) is 0 Å². The lowest BCUT2D eigenvalue weighted by molar-refractivity contribution is 0.594. The number of hydrogen-bond acceptors (Lipinski definition) is 3. The van der Waals surface area contributed by atoms with Gasteiger partial charge in [0.05, 0.1) is 10.6 Å². The summed E-state index contributed by atoms with van der Waals surface area (Å²) >= 11 is 0. The Bertz CT molecular complexity index is 710. The summed E-state index contributed by atoms with van der Waals surface area (Å²) in [4.78, 5) is 0.782. The molecule has 0 aliphatic carbocycles. The third kappa shape index (κ3) is 2.91. The lowest BCUT2D eigenvalue weighted by Gasteiger charge is -2.19. The number of rotatable bonds is 4. The molecular weight excluding hydrogens is 294 g/mol. The van der Waals surface area contributed by atoms with Crippen LogP contribution in [-0.4, -0.2) is 25.9 Å². The molecule has 0 radical (unpaired) electrons. The Hall–Kier alpha value is -1.66. The summed E-state index contributed by atoms with van der Waals surface area (Å²) in [5.74, 6) is 0. The molecule has 0 aliphatic rings. The highest BCUT2D eigenvalue weighted by molar-refractivity contribution is 7.92. The zero-order valence-corrected chi connectivity index (χ0v) is 12.8. The molecule has 2 rings (SSSR count). The summed E-state index contributed by atoms with van der Waals surface area (Å²) in [5.41, 5.74) is 0.593. The van der Waals surface area contributed by atoms with Gasteiger partial charge in [-0.15, -0.1) is 0 Å². The smallest absolute Gasteiger partial charge is 0.264 e. The number of sulfonamides is 1. The second kappa shape index (κ2) is 5.76. The summed E-state index contributed by atoms with van der Waals surface area (Å²) in [7, 11) is -3.21. The standard InChI is InChI=1S/C14H15NO3S2/c1-15(12-6-4-3-5-7-12)20(17,18)14-10-8-13(9-11-14)19(2)16/h3-11H,1-2H3. The van der Waals surface area contributed by atoms with E-state index in [1.807, 2.05) is 6.07 Å². The zero-order valence-electron chi connectivity index (χ0n) is 11.2. The Labute approximate surface area is 121 Å². The van der Waals surface area contributed by atoms with Gasteiger partial charge in [-0.05, 0) is 36.4 Å². The molecule has 106 valence electrons. The molecule has 1 unspecified atom stereocenters. The Kier molecular flexibility index (Phi) is 4.25. The minimum Gasteiger partial charge on any atom is -0.269 e. The maximum atomic E-state index is 12.5. The first-order valence-electron chi connectivity index (χ1n) is 5.90. The number of nitrogens with zero attached hydrogens (tertiary/aromatic N) is 1. The summed E-state index contributed by atoms with van der Waals surface area (Å²) in [5, 5.41) is 0. The topological polar surface area (TPSA) is 54.5 Å². The number of benzene rings is 2. The molecule has 0 heterocycles. The van der Waals surface area contributed by atoms with Gasteiger partial charge in [0.25, 0.3) is 10.0 Å². The lowest BCUT2D eigenvalue weighted by Crippen LogP contribution is -2.26. The van der Waals surface area contributed by atoms with E-state index in [2.05, 4.69) is 0 Å². The van der Waals surface area contributed by atoms with Gasteiger partial charge in [-0.1, -0.05) is 18.2 Å². The number of anilines is 1. The van der Waals surface area contributed by atoms with Crippen LogP contribution in [0.4, 0.5) is 5.69 Å². The third-order valence-corrected chi connectivity index (χ3v) is 5.67. The maximum absolute atomic E-state index is 12.5. The first-order valence-corrected chi connectivity index (χ1v) is 8.90. The van der Waals surface area contributed by atoms with Gasteiger partial charge >= 0.3 is 0 Å². The van der Waals surface area contributed by atoms with Crippen LogP contribution in [0.1, 0.15) is 0 Å². The summed E-state index contributed by atoms with van der Waals surface area (Å²) in [6.45, 7) is 0. The van der Waals surface area contributed by atoms with Crippen LogP contribution in [0.5, 0.6) is 0 Å². The maximum Gasteiger partial charge on any atom is 0.264 e. The first-order chi connectivity index (χ1) is 9.43. The van der Waals surface area contributed by atoms with E-state index in [0.29, 0.717) is 10.6 Å². The van der Waals surface area contributed by atoms with E-state index in [1.54, 1.807) is 42.7 Å². The van der Waals surface area contributed by atoms with Crippen molar-refractivity contribution >= 4 is 26.5 Å². The van der Waals surface area contributed by atoms with Crippen LogP contribution in [-0.2, 0) is 20.8 Å². The van der Waals surface area contributed by atoms with Crippen molar-refractivity contribution in [3.8, 4) is 0 Å². The van der Waals surface area contributed by atoms with Crippen LogP contribution in [0, 0.1) is 0 Å². The average molecular weight is 309 g/mol. The van der Waals surface area contributed by atoms with Crippen LogP contribution in [0.2, 0.25) is 0 Å². The molecular formula is C14H15NO3S2. The van der Waals surface area contributed by atoms with Crippen molar-refractivity contribution < 1.29 is 12.6 Å². The van der Waals surface area contributed by atoms with Crippen molar-refractivity contribution in [3.63, 3.8) is 0 Å². The van der Waals surface area contributed by atoms with E-state index in [1.165, 1.54) is 23.5 Å². The first kappa shape index (κ1) is 14.7. The minimum atomic E-state index is -3.60. The predicted octanol–water partition coefficient (Wildman–Crippen LogP) is 2.25. The monoisotopic (exact) mass is 309 g/mol. The van der Waals surface area contributed by atoms with Gasteiger partial charge in [-0.3, -0.25) is 8.51 Å². The molecule has 4 nitrogen and oxygen atoms in total. The molecule has 0 bridgehead atoms. The minimum absolute atomic E-state index is 0.179. The molecule has 0 N–H and O–H groups in total. The summed E-state index contributed by atoms with van der Waals surface area (Å²) in [6.07, 6.45) is 1.56. The fourth-order valence-corrected chi connectivity index (χ4v) is 3.45. The second-order valence-corrected chi connectivity index (χ2v) is 7.58. The average Bonchev–Trinajstić information content (AvgIpc) is 2.47. The Morgan fingerprint density at radius 2 is 1.50 bits per heavy atom. The molecule has 2 aromatic rings. The van der Waals surface area contributed by atoms with Gasteiger partial charge < -0.3 is 0 Å². The fraction of sp³-hybridized carbons (Fsp3) is 0.143. The van der Waals surface area contributed by atoms with Crippen LogP contribution in [0.15, 0.2) is 64.4 Å². The van der Waals surface area contributed by atoms with Gasteiger partial charge in [-0.25, -0.2) is 8.42 Å². The fourth-order valence-electron chi connectivity index (χ4n) is 1.74. The SMILES string of the molecule is CN(c1ccccc1)S(=O)(=O)c1ccc(S(C)=O)cc1. The van der Waals surface area contributed by atoms with Crippen molar-refractivity contribution in [2.75, 3.05) is 17.6 Å². The molecule has 0 amide bonds. The van der Waals surface area contributed by atoms with Crippen molar-refractivity contribution in [1.29, 1.82) is 0 Å². The Morgan fingerprint density at radius 3 is 2.00 bits per heavy atom. The van der Waals surface area contributed by atoms with E-state index in [4.69, 9.17) is 0 Å². The van der Waals surface area contributed by atoms with E-state index in [-0.39, 0.29) is 4.90 Å². The number of para-hydroxylation sites is 1. The van der Waals surface area contributed by atoms with Crippen molar-refractivity contribution in [1.82, 2.24) is 0 Å². The van der Waals surface area contributed by atoms with Crippen molar-refractivity contribution in [2.45, 2.75) is 9.79 Å².